The number of hydrogen-bond donors (Lipinski definition) is 0. The third-order valence-electron chi connectivity index (χ3n) is 6.36. The van der Waals surface area contributed by atoms with E-state index in [2.05, 4.69) is 88.7 Å². The highest BCUT2D eigenvalue weighted by Gasteiger charge is 2.16. The van der Waals surface area contributed by atoms with E-state index in [1.807, 2.05) is 36.4 Å². The van der Waals surface area contributed by atoms with Crippen LogP contribution in [-0.2, 0) is 0 Å². The Morgan fingerprint density at radius 2 is 1.39 bits per heavy atom. The summed E-state index contributed by atoms with van der Waals surface area (Å²) in [5.41, 5.74) is 5.85. The van der Waals surface area contributed by atoms with E-state index in [-0.39, 0.29) is 0 Å². The zero-order valence-corrected chi connectivity index (χ0v) is 20.6. The van der Waals surface area contributed by atoms with Gasteiger partial charge >= 0.3 is 0 Å². The number of halogens is 1. The molecule has 3 nitrogen and oxygen atoms in total. The quantitative estimate of drug-likeness (QED) is 0.240. The Bertz CT molecular complexity index is 1820. The lowest BCUT2D eigenvalue weighted by Gasteiger charge is -2.25. The van der Waals surface area contributed by atoms with Crippen LogP contribution in [0.1, 0.15) is 0 Å². The number of rotatable bonds is 4. The summed E-state index contributed by atoms with van der Waals surface area (Å²) < 4.78 is 8.44. The van der Waals surface area contributed by atoms with E-state index < -0.39 is 0 Å². The van der Waals surface area contributed by atoms with Gasteiger partial charge in [0.15, 0.2) is 5.58 Å². The fourth-order valence-electron chi connectivity index (χ4n) is 4.65. The van der Waals surface area contributed by atoms with Gasteiger partial charge in [0, 0.05) is 47.8 Å². The molecule has 0 aliphatic carbocycles. The number of nitrogens with zero attached hydrogens (tertiary/aromatic N) is 2. The average Bonchev–Trinajstić information content (AvgIpc) is 3.51. The minimum Gasteiger partial charge on any atom is -0.436 e. The first-order chi connectivity index (χ1) is 17.7. The molecule has 7 rings (SSSR count). The Kier molecular flexibility index (Phi) is 5.01. The molecule has 0 saturated heterocycles. The van der Waals surface area contributed by atoms with E-state index in [0.29, 0.717) is 5.89 Å². The smallest absolute Gasteiger partial charge is 0.227 e. The Balaban J connectivity index is 1.33. The second kappa shape index (κ2) is 8.52. The number of thiophene rings is 1. The Hall–Kier alpha value is -4.12. The molecule has 2 heterocycles. The van der Waals surface area contributed by atoms with Crippen molar-refractivity contribution >= 4 is 71.3 Å². The Morgan fingerprint density at radius 3 is 2.22 bits per heavy atom. The van der Waals surface area contributed by atoms with Crippen molar-refractivity contribution < 1.29 is 4.42 Å². The summed E-state index contributed by atoms with van der Waals surface area (Å²) in [4.78, 5) is 6.92. The predicted molar refractivity (Wildman–Crippen MR) is 152 cm³/mol. The number of aromatic nitrogens is 1. The van der Waals surface area contributed by atoms with E-state index in [1.54, 1.807) is 11.3 Å². The number of anilines is 3. The van der Waals surface area contributed by atoms with Gasteiger partial charge in [-0.05, 0) is 78.9 Å². The molecular weight excluding hydrogens is 484 g/mol. The maximum absolute atomic E-state index is 6.28. The van der Waals surface area contributed by atoms with Crippen LogP contribution in [0.5, 0.6) is 0 Å². The molecule has 0 aliphatic heterocycles. The maximum atomic E-state index is 6.28. The van der Waals surface area contributed by atoms with Crippen LogP contribution >= 0.6 is 22.9 Å². The summed E-state index contributed by atoms with van der Waals surface area (Å²) in [7, 11) is 0. The molecule has 5 aromatic carbocycles. The van der Waals surface area contributed by atoms with Crippen LogP contribution in [0.25, 0.3) is 42.7 Å². The topological polar surface area (TPSA) is 29.3 Å². The second-order valence-electron chi connectivity index (χ2n) is 8.63. The Labute approximate surface area is 216 Å². The lowest BCUT2D eigenvalue weighted by atomic mass is 10.1. The normalized spacial score (nSPS) is 11.5. The van der Waals surface area contributed by atoms with Crippen molar-refractivity contribution in [2.24, 2.45) is 0 Å². The first kappa shape index (κ1) is 21.2. The molecule has 0 unspecified atom stereocenters. The van der Waals surface area contributed by atoms with Crippen LogP contribution in [0.2, 0.25) is 5.02 Å². The van der Waals surface area contributed by atoms with E-state index in [9.17, 15) is 0 Å². The van der Waals surface area contributed by atoms with Crippen LogP contribution < -0.4 is 4.90 Å². The van der Waals surface area contributed by atoms with Crippen LogP contribution in [-0.4, -0.2) is 4.98 Å². The van der Waals surface area contributed by atoms with Crippen molar-refractivity contribution in [3.63, 3.8) is 0 Å². The van der Waals surface area contributed by atoms with Gasteiger partial charge < -0.3 is 9.32 Å². The van der Waals surface area contributed by atoms with E-state index in [1.165, 1.54) is 20.2 Å². The molecule has 36 heavy (non-hydrogen) atoms. The van der Waals surface area contributed by atoms with Gasteiger partial charge in [0.25, 0.3) is 0 Å². The predicted octanol–water partition coefficient (Wildman–Crippen LogP) is 9.99. The molecule has 5 heteroatoms. The summed E-state index contributed by atoms with van der Waals surface area (Å²) in [6.45, 7) is 0. The van der Waals surface area contributed by atoms with Gasteiger partial charge in [0.05, 0.1) is 0 Å². The number of benzene rings is 5. The molecule has 172 valence electrons. The summed E-state index contributed by atoms with van der Waals surface area (Å²) in [6, 6.07) is 39.4. The largest absolute Gasteiger partial charge is 0.436 e. The molecule has 0 bridgehead atoms. The number of para-hydroxylation sites is 3. The molecule has 7 aromatic rings. The highest BCUT2D eigenvalue weighted by Crippen LogP contribution is 2.41. The third kappa shape index (κ3) is 3.63. The molecule has 0 radical (unpaired) electrons. The van der Waals surface area contributed by atoms with E-state index >= 15 is 0 Å². The standard InChI is InChI=1S/C31H19ClN2OS/c32-21-12-17-29-26(18-21)25-16-15-24(19-30(25)36-29)34(22-6-2-1-3-7-22)23-13-10-20(11-14-23)31-33-27-8-4-5-9-28(27)35-31/h1-19H. The van der Waals surface area contributed by atoms with Gasteiger partial charge in [-0.1, -0.05) is 48.0 Å². The molecule has 0 spiro atoms. The highest BCUT2D eigenvalue weighted by molar-refractivity contribution is 7.25. The fraction of sp³-hybridized carbons (Fsp3) is 0. The van der Waals surface area contributed by atoms with Crippen molar-refractivity contribution in [3.05, 3.63) is 120 Å². The van der Waals surface area contributed by atoms with Crippen LogP contribution in [0, 0.1) is 0 Å². The SMILES string of the molecule is Clc1ccc2sc3cc(N(c4ccccc4)c4ccc(-c5nc6ccccc6o5)cc4)ccc3c2c1. The molecular formula is C31H19ClN2OS. The maximum Gasteiger partial charge on any atom is 0.227 e. The van der Waals surface area contributed by atoms with Crippen molar-refractivity contribution in [1.82, 2.24) is 4.98 Å². The van der Waals surface area contributed by atoms with Gasteiger partial charge in [0.1, 0.15) is 5.52 Å². The minimum atomic E-state index is 0.624. The van der Waals surface area contributed by atoms with Gasteiger partial charge in [-0.2, -0.15) is 0 Å². The van der Waals surface area contributed by atoms with Gasteiger partial charge in [-0.15, -0.1) is 11.3 Å². The van der Waals surface area contributed by atoms with Crippen molar-refractivity contribution in [2.75, 3.05) is 4.90 Å². The summed E-state index contributed by atoms with van der Waals surface area (Å²) in [5.74, 6) is 0.624. The van der Waals surface area contributed by atoms with Crippen LogP contribution in [0.15, 0.2) is 120 Å². The highest BCUT2D eigenvalue weighted by atomic mass is 35.5. The molecule has 0 atom stereocenters. The van der Waals surface area contributed by atoms with Crippen molar-refractivity contribution in [1.29, 1.82) is 0 Å². The lowest BCUT2D eigenvalue weighted by Crippen LogP contribution is -2.09. The minimum absolute atomic E-state index is 0.624. The molecule has 0 aliphatic rings. The van der Waals surface area contributed by atoms with Crippen molar-refractivity contribution in [3.8, 4) is 11.5 Å². The van der Waals surface area contributed by atoms with Gasteiger partial charge in [-0.25, -0.2) is 4.98 Å². The number of hydrogen-bond acceptors (Lipinski definition) is 4. The number of oxazole rings is 1. The molecule has 0 fully saturated rings. The summed E-state index contributed by atoms with van der Waals surface area (Å²) in [5, 5.41) is 3.18. The lowest BCUT2D eigenvalue weighted by molar-refractivity contribution is 0.620. The first-order valence-corrected chi connectivity index (χ1v) is 12.9. The molecule has 0 N–H and O–H groups in total. The van der Waals surface area contributed by atoms with Crippen molar-refractivity contribution in [2.45, 2.75) is 0 Å². The number of fused-ring (bicyclic) bond motifs is 4. The third-order valence-corrected chi connectivity index (χ3v) is 7.72. The molecule has 2 aromatic heterocycles. The Morgan fingerprint density at radius 1 is 0.639 bits per heavy atom. The zero-order chi connectivity index (χ0) is 24.1. The van der Waals surface area contributed by atoms with Crippen LogP contribution in [0.3, 0.4) is 0 Å². The van der Waals surface area contributed by atoms with Crippen LogP contribution in [0.4, 0.5) is 17.1 Å². The van der Waals surface area contributed by atoms with Gasteiger partial charge in [0.2, 0.25) is 5.89 Å². The summed E-state index contributed by atoms with van der Waals surface area (Å²) >= 11 is 8.07. The van der Waals surface area contributed by atoms with E-state index in [0.717, 1.165) is 38.7 Å². The molecule has 0 amide bonds. The fourth-order valence-corrected chi connectivity index (χ4v) is 5.94. The summed E-state index contributed by atoms with van der Waals surface area (Å²) in [6.07, 6.45) is 0. The molecule has 0 saturated carbocycles. The average molecular weight is 503 g/mol. The zero-order valence-electron chi connectivity index (χ0n) is 19.1. The van der Waals surface area contributed by atoms with E-state index in [4.69, 9.17) is 16.0 Å². The monoisotopic (exact) mass is 502 g/mol. The first-order valence-electron chi connectivity index (χ1n) is 11.7. The van der Waals surface area contributed by atoms with Gasteiger partial charge in [-0.3, -0.25) is 0 Å². The second-order valence-corrected chi connectivity index (χ2v) is 10.1.